The van der Waals surface area contributed by atoms with Crippen LogP contribution in [0.2, 0.25) is 0 Å². The van der Waals surface area contributed by atoms with Crippen LogP contribution in [0.5, 0.6) is 0 Å². The fourth-order valence-corrected chi connectivity index (χ4v) is 3.65. The fraction of sp³-hybridized carbons (Fsp3) is 0.0526. The van der Waals surface area contributed by atoms with Gasteiger partial charge in [-0.1, -0.05) is 36.0 Å². The second-order valence-corrected chi connectivity index (χ2v) is 7.13. The molecule has 0 fully saturated rings. The van der Waals surface area contributed by atoms with Crippen LogP contribution in [0.15, 0.2) is 81.3 Å². The molecule has 3 rings (SSSR count). The lowest BCUT2D eigenvalue weighted by atomic mass is 10.2. The van der Waals surface area contributed by atoms with Crippen LogP contribution >= 0.6 is 27.7 Å². The van der Waals surface area contributed by atoms with Crippen molar-refractivity contribution in [3.8, 4) is 0 Å². The SMILES string of the molecule is Cc1ccc(NC(=O)c2cccnc2Sc2ccccc2)c(Br)c1. The second kappa shape index (κ2) is 7.64. The Morgan fingerprint density at radius 3 is 2.62 bits per heavy atom. The van der Waals surface area contributed by atoms with Gasteiger partial charge < -0.3 is 5.32 Å². The Labute approximate surface area is 153 Å². The number of aryl methyl sites for hydroxylation is 1. The molecule has 0 aliphatic rings. The molecule has 0 radical (unpaired) electrons. The molecule has 2 aromatic carbocycles. The van der Waals surface area contributed by atoms with Gasteiger partial charge in [0.25, 0.3) is 5.91 Å². The number of carbonyl (C=O) groups is 1. The highest BCUT2D eigenvalue weighted by atomic mass is 79.9. The van der Waals surface area contributed by atoms with E-state index in [9.17, 15) is 4.79 Å². The number of benzene rings is 2. The predicted octanol–water partition coefficient (Wildman–Crippen LogP) is 5.56. The van der Waals surface area contributed by atoms with Gasteiger partial charge in [-0.3, -0.25) is 4.79 Å². The fourth-order valence-electron chi connectivity index (χ4n) is 2.16. The Balaban J connectivity index is 1.85. The number of anilines is 1. The van der Waals surface area contributed by atoms with Gasteiger partial charge in [0.1, 0.15) is 5.03 Å². The first kappa shape index (κ1) is 16.7. The van der Waals surface area contributed by atoms with Crippen molar-refractivity contribution in [1.29, 1.82) is 0 Å². The van der Waals surface area contributed by atoms with Crippen LogP contribution in [0.25, 0.3) is 0 Å². The Bertz CT molecular complexity index is 868. The van der Waals surface area contributed by atoms with Crippen molar-refractivity contribution < 1.29 is 4.79 Å². The van der Waals surface area contributed by atoms with Gasteiger partial charge in [-0.25, -0.2) is 4.98 Å². The third-order valence-corrected chi connectivity index (χ3v) is 5.03. The number of nitrogens with one attached hydrogen (secondary N) is 1. The van der Waals surface area contributed by atoms with E-state index in [-0.39, 0.29) is 5.91 Å². The quantitative estimate of drug-likeness (QED) is 0.625. The number of aromatic nitrogens is 1. The average Bonchev–Trinajstić information content (AvgIpc) is 2.59. The zero-order valence-corrected chi connectivity index (χ0v) is 15.4. The number of hydrogen-bond donors (Lipinski definition) is 1. The molecule has 0 bridgehead atoms. The Morgan fingerprint density at radius 1 is 1.08 bits per heavy atom. The van der Waals surface area contributed by atoms with Crippen molar-refractivity contribution in [2.75, 3.05) is 5.32 Å². The van der Waals surface area contributed by atoms with Gasteiger partial charge in [0, 0.05) is 15.6 Å². The minimum atomic E-state index is -0.175. The van der Waals surface area contributed by atoms with E-state index >= 15 is 0 Å². The van der Waals surface area contributed by atoms with E-state index in [1.165, 1.54) is 11.8 Å². The van der Waals surface area contributed by atoms with Crippen molar-refractivity contribution in [3.05, 3.63) is 82.5 Å². The van der Waals surface area contributed by atoms with Crippen LogP contribution < -0.4 is 5.32 Å². The van der Waals surface area contributed by atoms with E-state index < -0.39 is 0 Å². The number of rotatable bonds is 4. The molecule has 5 heteroatoms. The Morgan fingerprint density at radius 2 is 1.88 bits per heavy atom. The summed E-state index contributed by atoms with van der Waals surface area (Å²) in [4.78, 5) is 18.1. The van der Waals surface area contributed by atoms with Crippen molar-refractivity contribution in [2.24, 2.45) is 0 Å². The molecule has 3 aromatic rings. The highest BCUT2D eigenvalue weighted by Crippen LogP contribution is 2.29. The summed E-state index contributed by atoms with van der Waals surface area (Å²) < 4.78 is 0.858. The zero-order valence-electron chi connectivity index (χ0n) is 13.0. The lowest BCUT2D eigenvalue weighted by Gasteiger charge is -2.10. The molecule has 120 valence electrons. The molecule has 0 atom stereocenters. The molecule has 0 spiro atoms. The molecule has 24 heavy (non-hydrogen) atoms. The van der Waals surface area contributed by atoms with Crippen molar-refractivity contribution in [3.63, 3.8) is 0 Å². The van der Waals surface area contributed by atoms with E-state index in [0.717, 1.165) is 20.6 Å². The second-order valence-electron chi connectivity index (χ2n) is 5.21. The third-order valence-electron chi connectivity index (χ3n) is 3.35. The Kier molecular flexibility index (Phi) is 5.33. The topological polar surface area (TPSA) is 42.0 Å². The molecule has 0 unspecified atom stereocenters. The van der Waals surface area contributed by atoms with E-state index in [1.54, 1.807) is 18.3 Å². The van der Waals surface area contributed by atoms with Gasteiger partial charge in [0.2, 0.25) is 0 Å². The lowest BCUT2D eigenvalue weighted by molar-refractivity contribution is 0.102. The summed E-state index contributed by atoms with van der Waals surface area (Å²) in [6.45, 7) is 2.01. The molecule has 1 N–H and O–H groups in total. The van der Waals surface area contributed by atoms with Crippen LogP contribution in [0.4, 0.5) is 5.69 Å². The molecule has 0 saturated heterocycles. The highest BCUT2D eigenvalue weighted by molar-refractivity contribution is 9.10. The maximum Gasteiger partial charge on any atom is 0.258 e. The smallest absolute Gasteiger partial charge is 0.258 e. The molecule has 1 amide bonds. The number of halogens is 1. The molecular formula is C19H15BrN2OS. The molecule has 3 nitrogen and oxygen atoms in total. The summed E-state index contributed by atoms with van der Waals surface area (Å²) in [6.07, 6.45) is 1.70. The standard InChI is InChI=1S/C19H15BrN2OS/c1-13-9-10-17(16(20)12-13)22-18(23)15-8-5-11-21-19(15)24-14-6-3-2-4-7-14/h2-12H,1H3,(H,22,23). The predicted molar refractivity (Wildman–Crippen MR) is 102 cm³/mol. The van der Waals surface area contributed by atoms with Gasteiger partial charge in [0.15, 0.2) is 0 Å². The normalized spacial score (nSPS) is 10.4. The zero-order chi connectivity index (χ0) is 16.9. The molecular weight excluding hydrogens is 384 g/mol. The largest absolute Gasteiger partial charge is 0.321 e. The van der Waals surface area contributed by atoms with Gasteiger partial charge in [-0.2, -0.15) is 0 Å². The maximum absolute atomic E-state index is 12.7. The van der Waals surface area contributed by atoms with Crippen LogP contribution in [-0.4, -0.2) is 10.9 Å². The van der Waals surface area contributed by atoms with Crippen molar-refractivity contribution in [1.82, 2.24) is 4.98 Å². The number of nitrogens with zero attached hydrogens (tertiary/aromatic N) is 1. The van der Waals surface area contributed by atoms with Gasteiger partial charge in [-0.05, 0) is 64.8 Å². The first-order valence-corrected chi connectivity index (χ1v) is 9.00. The summed E-state index contributed by atoms with van der Waals surface area (Å²) in [7, 11) is 0. The van der Waals surface area contributed by atoms with Crippen molar-refractivity contribution >= 4 is 39.3 Å². The number of amides is 1. The van der Waals surface area contributed by atoms with E-state index in [1.807, 2.05) is 55.5 Å². The van der Waals surface area contributed by atoms with Gasteiger partial charge >= 0.3 is 0 Å². The van der Waals surface area contributed by atoms with Crippen LogP contribution in [0.3, 0.4) is 0 Å². The molecule has 0 aliphatic carbocycles. The first-order valence-electron chi connectivity index (χ1n) is 7.39. The minimum Gasteiger partial charge on any atom is -0.321 e. The van der Waals surface area contributed by atoms with Crippen molar-refractivity contribution in [2.45, 2.75) is 16.8 Å². The van der Waals surface area contributed by atoms with E-state index in [0.29, 0.717) is 10.6 Å². The van der Waals surface area contributed by atoms with E-state index in [2.05, 4.69) is 26.2 Å². The minimum absolute atomic E-state index is 0.175. The van der Waals surface area contributed by atoms with E-state index in [4.69, 9.17) is 0 Å². The summed E-state index contributed by atoms with van der Waals surface area (Å²) in [6, 6.07) is 19.3. The first-order chi connectivity index (χ1) is 11.6. The third kappa shape index (κ3) is 4.04. The lowest BCUT2D eigenvalue weighted by Crippen LogP contribution is -2.14. The van der Waals surface area contributed by atoms with Crippen LogP contribution in [0.1, 0.15) is 15.9 Å². The van der Waals surface area contributed by atoms with Crippen LogP contribution in [-0.2, 0) is 0 Å². The summed E-state index contributed by atoms with van der Waals surface area (Å²) in [5, 5.41) is 3.63. The summed E-state index contributed by atoms with van der Waals surface area (Å²) in [5.41, 5.74) is 2.42. The average molecular weight is 399 g/mol. The number of pyridine rings is 1. The molecule has 1 heterocycles. The molecule has 0 saturated carbocycles. The number of carbonyl (C=O) groups excluding carboxylic acids is 1. The van der Waals surface area contributed by atoms with Gasteiger partial charge in [0.05, 0.1) is 11.3 Å². The summed E-state index contributed by atoms with van der Waals surface area (Å²) in [5.74, 6) is -0.175. The molecule has 1 aromatic heterocycles. The monoisotopic (exact) mass is 398 g/mol. The summed E-state index contributed by atoms with van der Waals surface area (Å²) >= 11 is 4.96. The highest BCUT2D eigenvalue weighted by Gasteiger charge is 2.14. The molecule has 0 aliphatic heterocycles. The Hall–Kier alpha value is -2.11. The van der Waals surface area contributed by atoms with Gasteiger partial charge in [-0.15, -0.1) is 0 Å². The van der Waals surface area contributed by atoms with Crippen LogP contribution in [0, 0.1) is 6.92 Å². The maximum atomic E-state index is 12.7. The number of hydrogen-bond acceptors (Lipinski definition) is 3.